The van der Waals surface area contributed by atoms with E-state index in [1.807, 2.05) is 0 Å². The number of hydrogen-bond donors (Lipinski definition) is 0. The molecule has 0 amide bonds. The van der Waals surface area contributed by atoms with Gasteiger partial charge in [-0.25, -0.2) is 0 Å². The lowest BCUT2D eigenvalue weighted by Gasteiger charge is -2.57. The smallest absolute Gasteiger partial charge is 0.163 e. The van der Waals surface area contributed by atoms with Gasteiger partial charge in [0.25, 0.3) is 0 Å². The maximum atomic E-state index is 12.3. The van der Waals surface area contributed by atoms with Crippen LogP contribution in [0.2, 0.25) is 0 Å². The standard InChI is InChI=1S/C20H24O/c21-18-5-4-16-2-1-3-17(19(16)18)12-20-9-13-6-14(10-20)8-15(7-13)11-20/h1-3,13-15H,4-12H2. The molecule has 4 bridgehead atoms. The number of benzene rings is 1. The predicted molar refractivity (Wildman–Crippen MR) is 83.4 cm³/mol. The van der Waals surface area contributed by atoms with Crippen LogP contribution in [0.25, 0.3) is 0 Å². The molecule has 1 nitrogen and oxygen atoms in total. The summed E-state index contributed by atoms with van der Waals surface area (Å²) in [5.41, 5.74) is 4.37. The van der Waals surface area contributed by atoms with Crippen LogP contribution in [0.15, 0.2) is 18.2 Å². The molecule has 0 aromatic heterocycles. The summed E-state index contributed by atoms with van der Waals surface area (Å²) in [7, 11) is 0. The van der Waals surface area contributed by atoms with Gasteiger partial charge >= 0.3 is 0 Å². The maximum Gasteiger partial charge on any atom is 0.163 e. The van der Waals surface area contributed by atoms with Crippen LogP contribution in [0.1, 0.15) is 66.4 Å². The summed E-state index contributed by atoms with van der Waals surface area (Å²) in [5.74, 6) is 3.42. The number of hydrogen-bond acceptors (Lipinski definition) is 1. The third kappa shape index (κ3) is 1.86. The molecule has 0 radical (unpaired) electrons. The van der Waals surface area contributed by atoms with Gasteiger partial charge in [0.1, 0.15) is 0 Å². The second kappa shape index (κ2) is 4.21. The van der Waals surface area contributed by atoms with Crippen LogP contribution in [0.3, 0.4) is 0 Å². The second-order valence-electron chi connectivity index (χ2n) is 8.47. The third-order valence-electron chi connectivity index (χ3n) is 6.87. The number of rotatable bonds is 2. The van der Waals surface area contributed by atoms with E-state index in [1.165, 1.54) is 56.1 Å². The number of aryl methyl sites for hydroxylation is 1. The van der Waals surface area contributed by atoms with Gasteiger partial charge in [-0.15, -0.1) is 0 Å². The third-order valence-corrected chi connectivity index (χ3v) is 6.87. The van der Waals surface area contributed by atoms with Crippen LogP contribution in [0.5, 0.6) is 0 Å². The van der Waals surface area contributed by atoms with E-state index in [1.54, 1.807) is 0 Å². The fraction of sp³-hybridized carbons (Fsp3) is 0.650. The molecule has 110 valence electrons. The molecule has 4 fully saturated rings. The van der Waals surface area contributed by atoms with Crippen molar-refractivity contribution in [1.82, 2.24) is 0 Å². The summed E-state index contributed by atoms with van der Waals surface area (Å²) in [6, 6.07) is 6.61. The highest BCUT2D eigenvalue weighted by Gasteiger charge is 2.50. The molecule has 0 aliphatic heterocycles. The van der Waals surface area contributed by atoms with Crippen LogP contribution in [-0.4, -0.2) is 5.78 Å². The van der Waals surface area contributed by atoms with Gasteiger partial charge in [0.15, 0.2) is 5.78 Å². The highest BCUT2D eigenvalue weighted by atomic mass is 16.1. The normalized spacial score (nSPS) is 39.8. The van der Waals surface area contributed by atoms with Crippen LogP contribution in [-0.2, 0) is 12.8 Å². The molecule has 0 atom stereocenters. The van der Waals surface area contributed by atoms with Crippen LogP contribution in [0.4, 0.5) is 0 Å². The van der Waals surface area contributed by atoms with E-state index in [9.17, 15) is 4.79 Å². The Bertz CT molecular complexity index is 577. The lowest BCUT2D eigenvalue weighted by molar-refractivity contribution is -0.0522. The number of ketones is 1. The quantitative estimate of drug-likeness (QED) is 0.775. The largest absolute Gasteiger partial charge is 0.294 e. The minimum atomic E-state index is 0.408. The summed E-state index contributed by atoms with van der Waals surface area (Å²) in [6.07, 6.45) is 11.7. The van der Waals surface area contributed by atoms with Crippen molar-refractivity contribution in [2.24, 2.45) is 23.2 Å². The Morgan fingerprint density at radius 1 is 0.952 bits per heavy atom. The van der Waals surface area contributed by atoms with Crippen molar-refractivity contribution in [3.8, 4) is 0 Å². The minimum absolute atomic E-state index is 0.408. The SMILES string of the molecule is O=C1CCc2cccc(CC34CC5CC(CC(C5)C3)C4)c21. The van der Waals surface area contributed by atoms with Gasteiger partial charge in [-0.3, -0.25) is 4.79 Å². The Kier molecular flexibility index (Phi) is 2.49. The van der Waals surface area contributed by atoms with Crippen LogP contribution >= 0.6 is 0 Å². The van der Waals surface area contributed by atoms with E-state index in [0.717, 1.165) is 36.2 Å². The monoisotopic (exact) mass is 280 g/mol. The average molecular weight is 280 g/mol. The minimum Gasteiger partial charge on any atom is -0.294 e. The van der Waals surface area contributed by atoms with E-state index in [-0.39, 0.29) is 0 Å². The van der Waals surface area contributed by atoms with Gasteiger partial charge in [-0.05, 0) is 85.7 Å². The fourth-order valence-corrected chi connectivity index (χ4v) is 6.65. The molecular weight excluding hydrogens is 256 g/mol. The van der Waals surface area contributed by atoms with Gasteiger partial charge in [0.05, 0.1) is 0 Å². The van der Waals surface area contributed by atoms with Crippen molar-refractivity contribution in [3.05, 3.63) is 34.9 Å². The van der Waals surface area contributed by atoms with Crippen molar-refractivity contribution in [2.75, 3.05) is 0 Å². The topological polar surface area (TPSA) is 17.1 Å². The van der Waals surface area contributed by atoms with E-state index < -0.39 is 0 Å². The van der Waals surface area contributed by atoms with E-state index in [2.05, 4.69) is 18.2 Å². The van der Waals surface area contributed by atoms with E-state index in [0.29, 0.717) is 11.2 Å². The summed E-state index contributed by atoms with van der Waals surface area (Å²) in [5, 5.41) is 0. The van der Waals surface area contributed by atoms with Crippen molar-refractivity contribution in [3.63, 3.8) is 0 Å². The van der Waals surface area contributed by atoms with Crippen molar-refractivity contribution >= 4 is 5.78 Å². The van der Waals surface area contributed by atoms with Gasteiger partial charge in [-0.1, -0.05) is 18.2 Å². The molecule has 6 rings (SSSR count). The van der Waals surface area contributed by atoms with Gasteiger partial charge in [0, 0.05) is 12.0 Å². The summed E-state index contributed by atoms with van der Waals surface area (Å²) in [6.45, 7) is 0. The molecule has 0 N–H and O–H groups in total. The summed E-state index contributed by atoms with van der Waals surface area (Å²) in [4.78, 5) is 12.3. The summed E-state index contributed by atoms with van der Waals surface area (Å²) < 4.78 is 0. The molecule has 1 aromatic rings. The van der Waals surface area contributed by atoms with Crippen molar-refractivity contribution < 1.29 is 4.79 Å². The highest BCUT2D eigenvalue weighted by Crippen LogP contribution is 2.61. The Morgan fingerprint density at radius 3 is 2.29 bits per heavy atom. The Morgan fingerprint density at radius 2 is 1.62 bits per heavy atom. The molecule has 0 saturated heterocycles. The molecule has 0 unspecified atom stereocenters. The van der Waals surface area contributed by atoms with E-state index in [4.69, 9.17) is 0 Å². The predicted octanol–water partition coefficient (Wildman–Crippen LogP) is 4.57. The molecule has 5 aliphatic carbocycles. The number of Topliss-reactive ketones (excluding diaryl/α,β-unsaturated/α-hetero) is 1. The molecule has 1 aromatic carbocycles. The summed E-state index contributed by atoms with van der Waals surface area (Å²) >= 11 is 0. The van der Waals surface area contributed by atoms with Crippen molar-refractivity contribution in [1.29, 1.82) is 0 Å². The zero-order chi connectivity index (χ0) is 14.0. The van der Waals surface area contributed by atoms with Gasteiger partial charge < -0.3 is 0 Å². The van der Waals surface area contributed by atoms with Crippen LogP contribution in [0, 0.1) is 23.2 Å². The van der Waals surface area contributed by atoms with Crippen LogP contribution < -0.4 is 0 Å². The number of carbonyl (C=O) groups is 1. The number of carbonyl (C=O) groups excluding carboxylic acids is 1. The molecule has 5 aliphatic rings. The maximum absolute atomic E-state index is 12.3. The first kappa shape index (κ1) is 12.4. The number of fused-ring (bicyclic) bond motifs is 1. The Labute approximate surface area is 127 Å². The van der Waals surface area contributed by atoms with E-state index >= 15 is 0 Å². The Balaban J connectivity index is 1.51. The molecule has 0 heterocycles. The average Bonchev–Trinajstić information content (AvgIpc) is 2.79. The van der Waals surface area contributed by atoms with Gasteiger partial charge in [-0.2, -0.15) is 0 Å². The first-order valence-corrected chi connectivity index (χ1v) is 8.85. The molecule has 0 spiro atoms. The first-order chi connectivity index (χ1) is 10.2. The first-order valence-electron chi connectivity index (χ1n) is 8.85. The second-order valence-corrected chi connectivity index (χ2v) is 8.47. The fourth-order valence-electron chi connectivity index (χ4n) is 6.65. The zero-order valence-corrected chi connectivity index (χ0v) is 12.7. The Hall–Kier alpha value is -1.11. The van der Waals surface area contributed by atoms with Crippen molar-refractivity contribution in [2.45, 2.75) is 57.8 Å². The highest BCUT2D eigenvalue weighted by molar-refractivity contribution is 6.01. The lowest BCUT2D eigenvalue weighted by Crippen LogP contribution is -2.47. The molecule has 1 heteroatoms. The zero-order valence-electron chi connectivity index (χ0n) is 12.7. The van der Waals surface area contributed by atoms with Gasteiger partial charge in [0.2, 0.25) is 0 Å². The molecule has 4 saturated carbocycles. The molecule has 21 heavy (non-hydrogen) atoms. The lowest BCUT2D eigenvalue weighted by atomic mass is 9.48. The molecular formula is C20H24O.